The number of hydrogen-bond donors (Lipinski definition) is 3. The van der Waals surface area contributed by atoms with Crippen LogP contribution in [0.4, 0.5) is 4.39 Å². The maximum atomic E-state index is 13.5. The lowest BCUT2D eigenvalue weighted by atomic mass is 9.81. The lowest BCUT2D eigenvalue weighted by Gasteiger charge is -2.27. The van der Waals surface area contributed by atoms with Gasteiger partial charge in [0.05, 0.1) is 6.61 Å². The molecule has 1 aliphatic rings. The van der Waals surface area contributed by atoms with Gasteiger partial charge in [0.1, 0.15) is 18.0 Å². The third kappa shape index (κ3) is 2.01. The lowest BCUT2D eigenvalue weighted by molar-refractivity contribution is 0.0465. The number of rotatable bonds is 1. The first-order valence-corrected chi connectivity index (χ1v) is 7.85. The smallest absolute Gasteiger partial charge is 0.123 e. The fourth-order valence-electron chi connectivity index (χ4n) is 3.81. The summed E-state index contributed by atoms with van der Waals surface area (Å²) >= 11 is 0. The SMILES string of the molecule is Cc1c2c(c(CO)c3ccc4cc(F)ccc4c13)C=C[C@H](O)[C@H]2O. The third-order valence-corrected chi connectivity index (χ3v) is 4.94. The zero-order chi connectivity index (χ0) is 17.0. The van der Waals surface area contributed by atoms with Crippen LogP contribution in [-0.4, -0.2) is 21.4 Å². The molecular formula is C20H17FO3. The van der Waals surface area contributed by atoms with Gasteiger partial charge in [-0.05, 0) is 62.9 Å². The Kier molecular flexibility index (Phi) is 3.42. The van der Waals surface area contributed by atoms with E-state index >= 15 is 0 Å². The van der Waals surface area contributed by atoms with E-state index < -0.39 is 12.2 Å². The van der Waals surface area contributed by atoms with E-state index in [1.165, 1.54) is 18.2 Å². The standard InChI is InChI=1S/C20H17FO3/c1-10-18-13-5-3-12(21)8-11(13)2-4-14(18)16(9-22)15-6-7-17(23)20(24)19(10)15/h2-8,17,20,22-24H,9H2,1H3/t17-,20+/m0/s1. The van der Waals surface area contributed by atoms with Crippen LogP contribution in [0.3, 0.4) is 0 Å². The molecule has 0 heterocycles. The molecule has 0 fully saturated rings. The largest absolute Gasteiger partial charge is 0.392 e. The van der Waals surface area contributed by atoms with E-state index in [0.717, 1.165) is 32.7 Å². The van der Waals surface area contributed by atoms with Crippen LogP contribution in [0, 0.1) is 12.7 Å². The van der Waals surface area contributed by atoms with Gasteiger partial charge in [0.15, 0.2) is 0 Å². The number of aryl methyl sites for hydroxylation is 1. The maximum Gasteiger partial charge on any atom is 0.123 e. The van der Waals surface area contributed by atoms with Gasteiger partial charge in [0, 0.05) is 0 Å². The predicted molar refractivity (Wildman–Crippen MR) is 92.1 cm³/mol. The van der Waals surface area contributed by atoms with Gasteiger partial charge in [-0.25, -0.2) is 4.39 Å². The van der Waals surface area contributed by atoms with Crippen LogP contribution in [0.5, 0.6) is 0 Å². The second-order valence-electron chi connectivity index (χ2n) is 6.24. The Balaban J connectivity index is 2.23. The first kappa shape index (κ1) is 15.3. The van der Waals surface area contributed by atoms with E-state index in [9.17, 15) is 19.7 Å². The molecule has 0 saturated carbocycles. The van der Waals surface area contributed by atoms with Crippen molar-refractivity contribution in [3.63, 3.8) is 0 Å². The van der Waals surface area contributed by atoms with Gasteiger partial charge in [-0.2, -0.15) is 0 Å². The molecule has 0 aromatic heterocycles. The Labute approximate surface area is 138 Å². The molecule has 0 unspecified atom stereocenters. The molecule has 2 atom stereocenters. The highest BCUT2D eigenvalue weighted by Gasteiger charge is 2.28. The fraction of sp³-hybridized carbons (Fsp3) is 0.200. The van der Waals surface area contributed by atoms with Crippen LogP contribution in [0.15, 0.2) is 36.4 Å². The van der Waals surface area contributed by atoms with Gasteiger partial charge in [-0.3, -0.25) is 0 Å². The molecule has 24 heavy (non-hydrogen) atoms. The Hall–Kier alpha value is -2.27. The van der Waals surface area contributed by atoms with Crippen LogP contribution in [0.2, 0.25) is 0 Å². The summed E-state index contributed by atoms with van der Waals surface area (Å²) in [5.41, 5.74) is 2.92. The fourth-order valence-corrected chi connectivity index (χ4v) is 3.81. The average molecular weight is 324 g/mol. The summed E-state index contributed by atoms with van der Waals surface area (Å²) < 4.78 is 13.5. The number of halogens is 1. The molecule has 1 aliphatic carbocycles. The second kappa shape index (κ2) is 5.38. The number of hydrogen-bond acceptors (Lipinski definition) is 3. The van der Waals surface area contributed by atoms with Crippen molar-refractivity contribution in [3.8, 4) is 0 Å². The molecule has 3 nitrogen and oxygen atoms in total. The van der Waals surface area contributed by atoms with Gasteiger partial charge in [-0.15, -0.1) is 0 Å². The predicted octanol–water partition coefficient (Wildman–Crippen LogP) is 3.35. The maximum absolute atomic E-state index is 13.5. The molecular weight excluding hydrogens is 307 g/mol. The third-order valence-electron chi connectivity index (χ3n) is 4.94. The molecule has 3 aromatic rings. The average Bonchev–Trinajstić information content (AvgIpc) is 2.57. The monoisotopic (exact) mass is 324 g/mol. The first-order valence-electron chi connectivity index (χ1n) is 7.85. The van der Waals surface area contributed by atoms with Gasteiger partial charge < -0.3 is 15.3 Å². The van der Waals surface area contributed by atoms with E-state index in [-0.39, 0.29) is 12.4 Å². The summed E-state index contributed by atoms with van der Waals surface area (Å²) in [6.45, 7) is 1.71. The lowest BCUT2D eigenvalue weighted by Crippen LogP contribution is -2.21. The molecule has 0 spiro atoms. The summed E-state index contributed by atoms with van der Waals surface area (Å²) in [5.74, 6) is -0.307. The molecule has 3 N–H and O–H groups in total. The Morgan fingerprint density at radius 1 is 1.08 bits per heavy atom. The van der Waals surface area contributed by atoms with Crippen LogP contribution in [0.1, 0.15) is 28.4 Å². The molecule has 3 aromatic carbocycles. The van der Waals surface area contributed by atoms with E-state index in [4.69, 9.17) is 0 Å². The highest BCUT2D eigenvalue weighted by atomic mass is 19.1. The van der Waals surface area contributed by atoms with E-state index in [1.54, 1.807) is 12.1 Å². The molecule has 0 saturated heterocycles. The number of fused-ring (bicyclic) bond motifs is 4. The van der Waals surface area contributed by atoms with Crippen LogP contribution >= 0.6 is 0 Å². The number of aliphatic hydroxyl groups is 3. The minimum Gasteiger partial charge on any atom is -0.392 e. The van der Waals surface area contributed by atoms with Crippen molar-refractivity contribution in [2.45, 2.75) is 25.7 Å². The topological polar surface area (TPSA) is 60.7 Å². The number of benzene rings is 3. The summed E-state index contributed by atoms with van der Waals surface area (Å²) in [7, 11) is 0. The summed E-state index contributed by atoms with van der Waals surface area (Å²) in [4.78, 5) is 0. The van der Waals surface area contributed by atoms with E-state index in [2.05, 4.69) is 0 Å². The summed E-state index contributed by atoms with van der Waals surface area (Å²) in [6, 6.07) is 8.31. The van der Waals surface area contributed by atoms with E-state index in [0.29, 0.717) is 11.1 Å². The van der Waals surface area contributed by atoms with Crippen molar-refractivity contribution in [1.82, 2.24) is 0 Å². The molecule has 4 rings (SSSR count). The van der Waals surface area contributed by atoms with Crippen LogP contribution in [-0.2, 0) is 6.61 Å². The molecule has 4 heteroatoms. The van der Waals surface area contributed by atoms with Gasteiger partial charge in [0.2, 0.25) is 0 Å². The van der Waals surface area contributed by atoms with Gasteiger partial charge in [-0.1, -0.05) is 30.4 Å². The minimum atomic E-state index is -1.05. The Morgan fingerprint density at radius 2 is 1.83 bits per heavy atom. The number of aliphatic hydroxyl groups excluding tert-OH is 3. The van der Waals surface area contributed by atoms with E-state index in [1.807, 2.05) is 19.1 Å². The molecule has 122 valence electrons. The second-order valence-corrected chi connectivity index (χ2v) is 6.24. The summed E-state index contributed by atoms with van der Waals surface area (Å²) in [6.07, 6.45) is 1.26. The normalized spacial score (nSPS) is 19.9. The van der Waals surface area contributed by atoms with Crippen LogP contribution in [0.25, 0.3) is 27.6 Å². The first-order chi connectivity index (χ1) is 11.5. The van der Waals surface area contributed by atoms with Crippen molar-refractivity contribution >= 4 is 27.6 Å². The molecule has 0 amide bonds. The van der Waals surface area contributed by atoms with Crippen molar-refractivity contribution in [1.29, 1.82) is 0 Å². The zero-order valence-corrected chi connectivity index (χ0v) is 13.1. The Bertz CT molecular complexity index is 1010. The Morgan fingerprint density at radius 3 is 2.58 bits per heavy atom. The van der Waals surface area contributed by atoms with Crippen LogP contribution < -0.4 is 0 Å². The molecule has 0 radical (unpaired) electrons. The highest BCUT2D eigenvalue weighted by molar-refractivity contribution is 6.11. The highest BCUT2D eigenvalue weighted by Crippen LogP contribution is 2.41. The van der Waals surface area contributed by atoms with Crippen molar-refractivity contribution < 1.29 is 19.7 Å². The minimum absolute atomic E-state index is 0.182. The summed E-state index contributed by atoms with van der Waals surface area (Å²) in [5, 5.41) is 33.7. The van der Waals surface area contributed by atoms with Crippen molar-refractivity contribution in [2.24, 2.45) is 0 Å². The molecule has 0 aliphatic heterocycles. The van der Waals surface area contributed by atoms with Gasteiger partial charge >= 0.3 is 0 Å². The quantitative estimate of drug-likeness (QED) is 0.602. The van der Waals surface area contributed by atoms with Crippen molar-refractivity contribution in [2.75, 3.05) is 0 Å². The van der Waals surface area contributed by atoms with Gasteiger partial charge in [0.25, 0.3) is 0 Å². The van der Waals surface area contributed by atoms with Crippen molar-refractivity contribution in [3.05, 3.63) is 64.5 Å². The molecule has 0 bridgehead atoms. The zero-order valence-electron chi connectivity index (χ0n) is 13.1.